The van der Waals surface area contributed by atoms with Crippen molar-refractivity contribution in [2.45, 2.75) is 44.2 Å². The lowest BCUT2D eigenvalue weighted by molar-refractivity contribution is -0.132. The number of nitrogens with zero attached hydrogens (tertiary/aromatic N) is 1. The van der Waals surface area contributed by atoms with Crippen LogP contribution in [0.1, 0.15) is 32.6 Å². The van der Waals surface area contributed by atoms with Crippen LogP contribution in [0.4, 0.5) is 0 Å². The summed E-state index contributed by atoms with van der Waals surface area (Å²) in [7, 11) is 1.70. The number of rotatable bonds is 5. The molecule has 0 bridgehead atoms. The van der Waals surface area contributed by atoms with E-state index < -0.39 is 0 Å². The van der Waals surface area contributed by atoms with Crippen LogP contribution in [0, 0.1) is 0 Å². The fourth-order valence-electron chi connectivity index (χ4n) is 2.32. The molecule has 1 amide bonds. The summed E-state index contributed by atoms with van der Waals surface area (Å²) in [4.78, 5) is 14.0. The second-order valence-corrected chi connectivity index (χ2v) is 4.59. The van der Waals surface area contributed by atoms with Crippen molar-refractivity contribution in [3.8, 4) is 0 Å². The van der Waals surface area contributed by atoms with Gasteiger partial charge in [-0.1, -0.05) is 13.3 Å². The quantitative estimate of drug-likeness (QED) is 0.730. The Hall–Kier alpha value is -0.610. The molecule has 4 nitrogen and oxygen atoms in total. The SMILES string of the molecule is CCCC(COC)N1CNC2(CC2)C1=O. The van der Waals surface area contributed by atoms with Gasteiger partial charge in [0.05, 0.1) is 24.9 Å². The van der Waals surface area contributed by atoms with Crippen LogP contribution in [0.15, 0.2) is 0 Å². The lowest BCUT2D eigenvalue weighted by Crippen LogP contribution is -2.41. The van der Waals surface area contributed by atoms with E-state index in [1.54, 1.807) is 7.11 Å². The third kappa shape index (κ3) is 1.88. The van der Waals surface area contributed by atoms with E-state index in [0.717, 1.165) is 25.7 Å². The lowest BCUT2D eigenvalue weighted by Gasteiger charge is -2.26. The molecule has 2 fully saturated rings. The van der Waals surface area contributed by atoms with E-state index >= 15 is 0 Å². The number of carbonyl (C=O) groups excluding carboxylic acids is 1. The highest BCUT2D eigenvalue weighted by atomic mass is 16.5. The number of nitrogens with one attached hydrogen (secondary N) is 1. The summed E-state index contributed by atoms with van der Waals surface area (Å²) in [6, 6.07) is 0.250. The van der Waals surface area contributed by atoms with Gasteiger partial charge in [0.2, 0.25) is 5.91 Å². The first-order valence-corrected chi connectivity index (χ1v) is 5.78. The maximum Gasteiger partial charge on any atom is 0.244 e. The molecule has 2 aliphatic rings. The summed E-state index contributed by atoms with van der Waals surface area (Å²) in [5, 5.41) is 3.32. The smallest absolute Gasteiger partial charge is 0.244 e. The van der Waals surface area contributed by atoms with Gasteiger partial charge in [0.15, 0.2) is 0 Å². The minimum absolute atomic E-state index is 0.167. The fraction of sp³-hybridized carbons (Fsp3) is 0.909. The Labute approximate surface area is 91.0 Å². The highest BCUT2D eigenvalue weighted by Crippen LogP contribution is 2.40. The van der Waals surface area contributed by atoms with Gasteiger partial charge in [-0.3, -0.25) is 10.1 Å². The number of methoxy groups -OCH3 is 1. The maximum atomic E-state index is 12.1. The zero-order valence-electron chi connectivity index (χ0n) is 9.58. The molecule has 1 saturated carbocycles. The van der Waals surface area contributed by atoms with Crippen LogP contribution < -0.4 is 5.32 Å². The van der Waals surface area contributed by atoms with E-state index in [4.69, 9.17) is 4.74 Å². The first-order chi connectivity index (χ1) is 7.23. The van der Waals surface area contributed by atoms with Gasteiger partial charge in [-0.15, -0.1) is 0 Å². The molecular weight excluding hydrogens is 192 g/mol. The van der Waals surface area contributed by atoms with Gasteiger partial charge in [0.1, 0.15) is 0 Å². The normalized spacial score (nSPS) is 24.9. The molecule has 0 aromatic heterocycles. The van der Waals surface area contributed by atoms with Crippen LogP contribution >= 0.6 is 0 Å². The zero-order valence-corrected chi connectivity index (χ0v) is 9.58. The molecule has 4 heteroatoms. The zero-order chi connectivity index (χ0) is 10.9. The summed E-state index contributed by atoms with van der Waals surface area (Å²) in [6.07, 6.45) is 4.13. The Kier molecular flexibility index (Phi) is 2.98. The molecule has 1 aliphatic heterocycles. The molecule has 1 aliphatic carbocycles. The van der Waals surface area contributed by atoms with Crippen LogP contribution in [0.5, 0.6) is 0 Å². The Morgan fingerprint density at radius 1 is 1.60 bits per heavy atom. The molecule has 15 heavy (non-hydrogen) atoms. The Balaban J connectivity index is 1.98. The summed E-state index contributed by atoms with van der Waals surface area (Å²) < 4.78 is 5.18. The standard InChI is InChI=1S/C11H20N2O2/c1-3-4-9(7-15-2)13-8-12-11(5-6-11)10(13)14/h9,12H,3-8H2,1-2H3. The van der Waals surface area contributed by atoms with E-state index in [2.05, 4.69) is 12.2 Å². The van der Waals surface area contributed by atoms with Crippen molar-refractivity contribution in [2.75, 3.05) is 20.4 Å². The monoisotopic (exact) mass is 212 g/mol. The minimum atomic E-state index is -0.167. The highest BCUT2D eigenvalue weighted by molar-refractivity contribution is 5.91. The number of hydrogen-bond acceptors (Lipinski definition) is 3. The van der Waals surface area contributed by atoms with E-state index in [1.807, 2.05) is 4.90 Å². The molecule has 1 heterocycles. The second-order valence-electron chi connectivity index (χ2n) is 4.59. The molecule has 0 aromatic rings. The molecule has 1 saturated heterocycles. The molecule has 1 unspecified atom stereocenters. The van der Waals surface area contributed by atoms with Crippen LogP contribution in [0.3, 0.4) is 0 Å². The topological polar surface area (TPSA) is 41.6 Å². The lowest BCUT2D eigenvalue weighted by atomic mass is 10.1. The van der Waals surface area contributed by atoms with E-state index in [-0.39, 0.29) is 17.5 Å². The largest absolute Gasteiger partial charge is 0.383 e. The van der Waals surface area contributed by atoms with Crippen LogP contribution in [-0.2, 0) is 9.53 Å². The number of carbonyl (C=O) groups is 1. The highest BCUT2D eigenvalue weighted by Gasteiger charge is 2.56. The van der Waals surface area contributed by atoms with Gasteiger partial charge < -0.3 is 9.64 Å². The third-order valence-corrected chi connectivity index (χ3v) is 3.43. The van der Waals surface area contributed by atoms with Crippen molar-refractivity contribution >= 4 is 5.91 Å². The molecule has 0 radical (unpaired) electrons. The summed E-state index contributed by atoms with van der Waals surface area (Å²) in [5.41, 5.74) is -0.167. The van der Waals surface area contributed by atoms with Crippen molar-refractivity contribution < 1.29 is 9.53 Å². The van der Waals surface area contributed by atoms with Crippen molar-refractivity contribution in [3.63, 3.8) is 0 Å². The first kappa shape index (κ1) is 10.9. The Morgan fingerprint density at radius 3 is 2.80 bits per heavy atom. The number of ether oxygens (including phenoxy) is 1. The fourth-order valence-corrected chi connectivity index (χ4v) is 2.32. The van der Waals surface area contributed by atoms with E-state index in [1.165, 1.54) is 0 Å². The van der Waals surface area contributed by atoms with Crippen molar-refractivity contribution in [2.24, 2.45) is 0 Å². The predicted octanol–water partition coefficient (Wildman–Crippen LogP) is 0.723. The first-order valence-electron chi connectivity index (χ1n) is 5.78. The molecule has 86 valence electrons. The number of amides is 1. The molecule has 1 atom stereocenters. The second kappa shape index (κ2) is 4.10. The Bertz CT molecular complexity index is 245. The molecule has 1 spiro atoms. The Morgan fingerprint density at radius 2 is 2.33 bits per heavy atom. The minimum Gasteiger partial charge on any atom is -0.383 e. The average molecular weight is 212 g/mol. The molecule has 1 N–H and O–H groups in total. The molecule has 2 rings (SSSR count). The summed E-state index contributed by atoms with van der Waals surface area (Å²) in [5.74, 6) is 0.290. The van der Waals surface area contributed by atoms with Crippen molar-refractivity contribution in [1.29, 1.82) is 0 Å². The molecular formula is C11H20N2O2. The predicted molar refractivity (Wildman–Crippen MR) is 57.4 cm³/mol. The summed E-state index contributed by atoms with van der Waals surface area (Å²) in [6.45, 7) is 3.49. The average Bonchev–Trinajstić information content (AvgIpc) is 2.92. The van der Waals surface area contributed by atoms with Gasteiger partial charge >= 0.3 is 0 Å². The summed E-state index contributed by atoms with van der Waals surface area (Å²) >= 11 is 0. The van der Waals surface area contributed by atoms with E-state index in [9.17, 15) is 4.79 Å². The van der Waals surface area contributed by atoms with Crippen LogP contribution in [-0.4, -0.2) is 42.8 Å². The van der Waals surface area contributed by atoms with Gasteiger partial charge in [-0.2, -0.15) is 0 Å². The third-order valence-electron chi connectivity index (χ3n) is 3.43. The van der Waals surface area contributed by atoms with Gasteiger partial charge in [0, 0.05) is 7.11 Å². The van der Waals surface area contributed by atoms with Gasteiger partial charge in [-0.25, -0.2) is 0 Å². The van der Waals surface area contributed by atoms with E-state index in [0.29, 0.717) is 13.3 Å². The van der Waals surface area contributed by atoms with Crippen molar-refractivity contribution in [3.05, 3.63) is 0 Å². The van der Waals surface area contributed by atoms with Crippen LogP contribution in [0.2, 0.25) is 0 Å². The maximum absolute atomic E-state index is 12.1. The van der Waals surface area contributed by atoms with Crippen molar-refractivity contribution in [1.82, 2.24) is 10.2 Å². The van der Waals surface area contributed by atoms with Crippen LogP contribution in [0.25, 0.3) is 0 Å². The molecule has 0 aromatic carbocycles. The van der Waals surface area contributed by atoms with Gasteiger partial charge in [-0.05, 0) is 19.3 Å². The number of hydrogen-bond donors (Lipinski definition) is 1. The van der Waals surface area contributed by atoms with Gasteiger partial charge in [0.25, 0.3) is 0 Å².